The highest BCUT2D eigenvalue weighted by atomic mass is 19.1. The smallest absolute Gasteiger partial charge is 0.146 e. The summed E-state index contributed by atoms with van der Waals surface area (Å²) in [6, 6.07) is 5.33. The second-order valence-corrected chi connectivity index (χ2v) is 4.86. The molecule has 1 aromatic rings. The molecule has 1 aliphatic rings. The Morgan fingerprint density at radius 1 is 1.56 bits per heavy atom. The summed E-state index contributed by atoms with van der Waals surface area (Å²) in [4.78, 5) is 2.01. The molecule has 100 valence electrons. The van der Waals surface area contributed by atoms with Crippen molar-refractivity contribution in [3.63, 3.8) is 0 Å². The minimum Gasteiger partial charge on any atom is -0.394 e. The van der Waals surface area contributed by atoms with Crippen LogP contribution in [0.4, 0.5) is 10.1 Å². The molecule has 0 aliphatic carbocycles. The largest absolute Gasteiger partial charge is 0.394 e. The highest BCUT2D eigenvalue weighted by molar-refractivity contribution is 5.57. The third kappa shape index (κ3) is 2.35. The number of benzene rings is 1. The summed E-state index contributed by atoms with van der Waals surface area (Å²) in [6.07, 6.45) is 1.94. The van der Waals surface area contributed by atoms with E-state index >= 15 is 0 Å². The highest BCUT2D eigenvalue weighted by Gasteiger charge is 2.28. The fourth-order valence-electron chi connectivity index (χ4n) is 2.66. The first-order valence-electron chi connectivity index (χ1n) is 6.52. The molecule has 2 unspecified atom stereocenters. The van der Waals surface area contributed by atoms with Crippen LogP contribution in [0.5, 0.6) is 0 Å². The predicted molar refractivity (Wildman–Crippen MR) is 71.3 cm³/mol. The fourth-order valence-corrected chi connectivity index (χ4v) is 2.66. The predicted octanol–water partition coefficient (Wildman–Crippen LogP) is 2.07. The van der Waals surface area contributed by atoms with Crippen LogP contribution in [-0.4, -0.2) is 31.3 Å². The summed E-state index contributed by atoms with van der Waals surface area (Å²) >= 11 is 0. The zero-order valence-electron chi connectivity index (χ0n) is 11.0. The van der Waals surface area contributed by atoms with Gasteiger partial charge in [-0.15, -0.1) is 0 Å². The van der Waals surface area contributed by atoms with Gasteiger partial charge < -0.3 is 15.3 Å². The molecule has 0 amide bonds. The molecule has 1 aliphatic heterocycles. The molecule has 4 heteroatoms. The maximum Gasteiger partial charge on any atom is 0.146 e. The summed E-state index contributed by atoms with van der Waals surface area (Å²) in [5.41, 5.74) is 1.61. The number of halogens is 1. The topological polar surface area (TPSA) is 35.5 Å². The van der Waals surface area contributed by atoms with Gasteiger partial charge in [-0.3, -0.25) is 0 Å². The third-order valence-electron chi connectivity index (χ3n) is 3.79. The molecule has 1 aromatic carbocycles. The normalized spacial score (nSPS) is 21.3. The fraction of sp³-hybridized carbons (Fsp3) is 0.571. The van der Waals surface area contributed by atoms with Crippen LogP contribution in [0.1, 0.15) is 31.4 Å². The van der Waals surface area contributed by atoms with Crippen LogP contribution in [0.25, 0.3) is 0 Å². The molecule has 1 heterocycles. The van der Waals surface area contributed by atoms with Gasteiger partial charge in [0.25, 0.3) is 0 Å². The third-order valence-corrected chi connectivity index (χ3v) is 3.79. The Balaban J connectivity index is 2.41. The zero-order valence-corrected chi connectivity index (χ0v) is 11.0. The average molecular weight is 252 g/mol. The molecular formula is C14H21FN2O. The van der Waals surface area contributed by atoms with Crippen LogP contribution < -0.4 is 10.2 Å². The van der Waals surface area contributed by atoms with Crippen molar-refractivity contribution in [3.05, 3.63) is 29.6 Å². The molecular weight excluding hydrogens is 231 g/mol. The van der Waals surface area contributed by atoms with E-state index in [-0.39, 0.29) is 24.5 Å². The lowest BCUT2D eigenvalue weighted by atomic mass is 10.0. The Labute approximate surface area is 108 Å². The van der Waals surface area contributed by atoms with E-state index in [9.17, 15) is 9.50 Å². The number of aliphatic hydroxyl groups excluding tert-OH is 1. The van der Waals surface area contributed by atoms with Gasteiger partial charge in [-0.05, 0) is 38.4 Å². The van der Waals surface area contributed by atoms with Crippen LogP contribution in [0.3, 0.4) is 0 Å². The maximum atomic E-state index is 14.2. The molecule has 3 nitrogen and oxygen atoms in total. The summed E-state index contributed by atoms with van der Waals surface area (Å²) in [7, 11) is 1.87. The Morgan fingerprint density at radius 2 is 2.33 bits per heavy atom. The van der Waals surface area contributed by atoms with E-state index in [0.29, 0.717) is 5.69 Å². The lowest BCUT2D eigenvalue weighted by Gasteiger charge is -2.29. The van der Waals surface area contributed by atoms with Gasteiger partial charge in [0.15, 0.2) is 0 Å². The van der Waals surface area contributed by atoms with Gasteiger partial charge in [-0.1, -0.05) is 12.1 Å². The minimum absolute atomic E-state index is 0.0460. The summed E-state index contributed by atoms with van der Waals surface area (Å²) in [6.45, 7) is 2.92. The first kappa shape index (κ1) is 13.3. The van der Waals surface area contributed by atoms with E-state index in [1.165, 1.54) is 6.07 Å². The summed E-state index contributed by atoms with van der Waals surface area (Å²) in [5.74, 6) is -0.199. The maximum absolute atomic E-state index is 14.2. The van der Waals surface area contributed by atoms with Crippen molar-refractivity contribution in [2.45, 2.75) is 31.8 Å². The molecule has 0 radical (unpaired) electrons. The first-order valence-corrected chi connectivity index (χ1v) is 6.52. The van der Waals surface area contributed by atoms with Crippen molar-refractivity contribution in [1.29, 1.82) is 0 Å². The number of hydrogen-bond donors (Lipinski definition) is 2. The van der Waals surface area contributed by atoms with Crippen molar-refractivity contribution in [2.24, 2.45) is 0 Å². The van der Waals surface area contributed by atoms with Gasteiger partial charge in [-0.2, -0.15) is 0 Å². The number of aliphatic hydroxyl groups is 1. The van der Waals surface area contributed by atoms with Gasteiger partial charge in [0.05, 0.1) is 18.3 Å². The van der Waals surface area contributed by atoms with Crippen LogP contribution >= 0.6 is 0 Å². The molecule has 1 fully saturated rings. The highest BCUT2D eigenvalue weighted by Crippen LogP contribution is 2.34. The molecule has 1 saturated heterocycles. The van der Waals surface area contributed by atoms with Crippen molar-refractivity contribution in [2.75, 3.05) is 25.1 Å². The minimum atomic E-state index is -0.199. The summed E-state index contributed by atoms with van der Waals surface area (Å²) in [5, 5.41) is 12.5. The lowest BCUT2D eigenvalue weighted by molar-refractivity contribution is 0.266. The molecule has 18 heavy (non-hydrogen) atoms. The Kier molecular flexibility index (Phi) is 4.19. The number of anilines is 1. The Bertz CT molecular complexity index is 411. The van der Waals surface area contributed by atoms with Crippen LogP contribution in [0, 0.1) is 5.82 Å². The standard InChI is InChI=1S/C14H21FN2O/c1-10(16-2)12-6-3-7-13(15)14(12)17-8-4-5-11(17)9-18/h3,6-7,10-11,16,18H,4-5,8-9H2,1-2H3. The first-order chi connectivity index (χ1) is 8.69. The number of para-hydroxylation sites is 1. The molecule has 0 aromatic heterocycles. The quantitative estimate of drug-likeness (QED) is 0.861. The lowest BCUT2D eigenvalue weighted by Crippen LogP contribution is -2.34. The SMILES string of the molecule is CNC(C)c1cccc(F)c1N1CCCC1CO. The van der Waals surface area contributed by atoms with Gasteiger partial charge in [0.2, 0.25) is 0 Å². The van der Waals surface area contributed by atoms with E-state index in [0.717, 1.165) is 24.9 Å². The van der Waals surface area contributed by atoms with Crippen LogP contribution in [0.15, 0.2) is 18.2 Å². The Hall–Kier alpha value is -1.13. The van der Waals surface area contributed by atoms with E-state index in [1.807, 2.05) is 24.9 Å². The van der Waals surface area contributed by atoms with E-state index < -0.39 is 0 Å². The van der Waals surface area contributed by atoms with Crippen molar-refractivity contribution in [3.8, 4) is 0 Å². The second-order valence-electron chi connectivity index (χ2n) is 4.86. The molecule has 0 saturated carbocycles. The van der Waals surface area contributed by atoms with Crippen LogP contribution in [-0.2, 0) is 0 Å². The number of nitrogens with zero attached hydrogens (tertiary/aromatic N) is 1. The van der Waals surface area contributed by atoms with Crippen molar-refractivity contribution in [1.82, 2.24) is 5.32 Å². The summed E-state index contributed by atoms with van der Waals surface area (Å²) < 4.78 is 14.2. The number of hydrogen-bond acceptors (Lipinski definition) is 3. The van der Waals surface area contributed by atoms with Crippen LogP contribution in [0.2, 0.25) is 0 Å². The molecule has 2 atom stereocenters. The number of nitrogens with one attached hydrogen (secondary N) is 1. The molecule has 0 bridgehead atoms. The van der Waals surface area contributed by atoms with Gasteiger partial charge in [0.1, 0.15) is 5.82 Å². The second kappa shape index (κ2) is 5.67. The van der Waals surface area contributed by atoms with E-state index in [2.05, 4.69) is 5.32 Å². The Morgan fingerprint density at radius 3 is 3.00 bits per heavy atom. The van der Waals surface area contributed by atoms with E-state index in [4.69, 9.17) is 0 Å². The zero-order chi connectivity index (χ0) is 13.1. The molecule has 2 rings (SSSR count). The van der Waals surface area contributed by atoms with Crippen molar-refractivity contribution >= 4 is 5.69 Å². The molecule has 2 N–H and O–H groups in total. The molecule has 0 spiro atoms. The monoisotopic (exact) mass is 252 g/mol. The van der Waals surface area contributed by atoms with Gasteiger partial charge >= 0.3 is 0 Å². The average Bonchev–Trinajstić information content (AvgIpc) is 2.85. The van der Waals surface area contributed by atoms with Gasteiger partial charge in [0, 0.05) is 12.6 Å². The van der Waals surface area contributed by atoms with Gasteiger partial charge in [-0.25, -0.2) is 4.39 Å². The van der Waals surface area contributed by atoms with E-state index in [1.54, 1.807) is 6.07 Å². The van der Waals surface area contributed by atoms with Crippen molar-refractivity contribution < 1.29 is 9.50 Å². The number of rotatable bonds is 4.